The third kappa shape index (κ3) is 7.47. The Bertz CT molecular complexity index is 1100. The van der Waals surface area contributed by atoms with E-state index in [1.165, 1.54) is 0 Å². The first-order valence-electron chi connectivity index (χ1n) is 10.7. The molecule has 33 heavy (non-hydrogen) atoms. The van der Waals surface area contributed by atoms with Gasteiger partial charge in [-0.3, -0.25) is 14.9 Å². The minimum absolute atomic E-state index is 0.0809. The molecule has 0 unspecified atom stereocenters. The van der Waals surface area contributed by atoms with E-state index in [2.05, 4.69) is 29.8 Å². The van der Waals surface area contributed by atoms with Crippen LogP contribution in [0, 0.1) is 5.92 Å². The molecule has 1 heterocycles. The normalized spacial score (nSPS) is 10.5. The highest BCUT2D eigenvalue weighted by Crippen LogP contribution is 2.17. The zero-order valence-corrected chi connectivity index (χ0v) is 19.4. The maximum absolute atomic E-state index is 12.6. The molecule has 0 aliphatic heterocycles. The lowest BCUT2D eigenvalue weighted by atomic mass is 10.1. The van der Waals surface area contributed by atoms with Crippen molar-refractivity contribution in [1.29, 1.82) is 0 Å². The number of furan rings is 1. The molecule has 2 aromatic carbocycles. The minimum Gasteiger partial charge on any atom is -0.494 e. The number of nitrogens with one attached hydrogen (secondary N) is 3. The third-order valence-corrected chi connectivity index (χ3v) is 4.91. The zero-order chi connectivity index (χ0) is 23.6. The molecule has 3 N–H and O–H groups in total. The van der Waals surface area contributed by atoms with Crippen LogP contribution in [0.25, 0.3) is 0 Å². The number of rotatable bonds is 9. The molecule has 0 saturated carbocycles. The molecular formula is C25H27N3O4S. The van der Waals surface area contributed by atoms with Crippen LogP contribution < -0.4 is 20.7 Å². The molecule has 0 aliphatic carbocycles. The van der Waals surface area contributed by atoms with E-state index < -0.39 is 0 Å². The van der Waals surface area contributed by atoms with Crippen LogP contribution in [0.4, 0.5) is 5.69 Å². The second-order valence-corrected chi connectivity index (χ2v) is 8.18. The molecular weight excluding hydrogens is 438 g/mol. The summed E-state index contributed by atoms with van der Waals surface area (Å²) in [5.74, 6) is 1.14. The Balaban J connectivity index is 1.58. The highest BCUT2D eigenvalue weighted by atomic mass is 32.1. The van der Waals surface area contributed by atoms with Gasteiger partial charge in [0.25, 0.3) is 11.8 Å². The van der Waals surface area contributed by atoms with Crippen molar-refractivity contribution in [3.63, 3.8) is 0 Å². The number of carbonyl (C=O) groups is 2. The van der Waals surface area contributed by atoms with Crippen molar-refractivity contribution in [2.75, 3.05) is 11.9 Å². The Kier molecular flexibility index (Phi) is 8.60. The number of amides is 2. The van der Waals surface area contributed by atoms with Crippen LogP contribution in [0.5, 0.6) is 5.75 Å². The summed E-state index contributed by atoms with van der Waals surface area (Å²) in [6.45, 7) is 5.10. The Labute approximate surface area is 198 Å². The first-order valence-corrected chi connectivity index (χ1v) is 11.1. The lowest BCUT2D eigenvalue weighted by Gasteiger charge is -2.14. The summed E-state index contributed by atoms with van der Waals surface area (Å²) in [4.78, 5) is 25.3. The Hall–Kier alpha value is -3.65. The number of carbonyl (C=O) groups excluding carboxylic acids is 2. The second kappa shape index (κ2) is 11.8. The second-order valence-electron chi connectivity index (χ2n) is 7.77. The summed E-state index contributed by atoms with van der Waals surface area (Å²) in [5, 5.41) is 8.45. The fourth-order valence-corrected chi connectivity index (χ4v) is 3.14. The molecule has 0 fully saturated rings. The Morgan fingerprint density at radius 1 is 1.03 bits per heavy atom. The average molecular weight is 466 g/mol. The summed E-state index contributed by atoms with van der Waals surface area (Å²) < 4.78 is 11.0. The van der Waals surface area contributed by atoms with Gasteiger partial charge in [-0.2, -0.15) is 0 Å². The average Bonchev–Trinajstić information content (AvgIpc) is 3.31. The number of hydrogen-bond donors (Lipinski definition) is 3. The summed E-state index contributed by atoms with van der Waals surface area (Å²) in [6, 6.07) is 17.4. The van der Waals surface area contributed by atoms with Crippen molar-refractivity contribution in [2.45, 2.75) is 26.8 Å². The molecule has 0 atom stereocenters. The van der Waals surface area contributed by atoms with Crippen molar-refractivity contribution < 1.29 is 18.7 Å². The van der Waals surface area contributed by atoms with E-state index >= 15 is 0 Å². The number of anilines is 1. The smallest absolute Gasteiger partial charge is 0.257 e. The number of ether oxygens (including phenoxy) is 1. The van der Waals surface area contributed by atoms with Gasteiger partial charge in [0, 0.05) is 5.56 Å². The largest absolute Gasteiger partial charge is 0.494 e. The fourth-order valence-electron chi connectivity index (χ4n) is 2.93. The van der Waals surface area contributed by atoms with Gasteiger partial charge in [0.05, 0.1) is 30.7 Å². The van der Waals surface area contributed by atoms with E-state index in [9.17, 15) is 9.59 Å². The number of thiocarbonyl (C=S) groups is 1. The van der Waals surface area contributed by atoms with Crippen LogP contribution >= 0.6 is 12.2 Å². The van der Waals surface area contributed by atoms with Gasteiger partial charge in [0.1, 0.15) is 11.5 Å². The van der Waals surface area contributed by atoms with Crippen LogP contribution in [0.2, 0.25) is 0 Å². The van der Waals surface area contributed by atoms with E-state index in [0.29, 0.717) is 40.8 Å². The van der Waals surface area contributed by atoms with E-state index in [-0.39, 0.29) is 23.5 Å². The fraction of sp³-hybridized carbons (Fsp3) is 0.240. The van der Waals surface area contributed by atoms with Crippen molar-refractivity contribution in [2.24, 2.45) is 5.92 Å². The van der Waals surface area contributed by atoms with Crippen LogP contribution in [-0.2, 0) is 6.54 Å². The van der Waals surface area contributed by atoms with Crippen molar-refractivity contribution in [3.8, 4) is 5.75 Å². The van der Waals surface area contributed by atoms with Gasteiger partial charge in [-0.05, 0) is 67.0 Å². The van der Waals surface area contributed by atoms with Gasteiger partial charge in [-0.25, -0.2) is 0 Å². The van der Waals surface area contributed by atoms with Gasteiger partial charge in [-0.1, -0.05) is 32.0 Å². The number of hydrogen-bond acceptors (Lipinski definition) is 5. The topological polar surface area (TPSA) is 92.6 Å². The first-order chi connectivity index (χ1) is 15.9. The lowest BCUT2D eigenvalue weighted by Crippen LogP contribution is -2.35. The quantitative estimate of drug-likeness (QED) is 0.395. The van der Waals surface area contributed by atoms with Crippen LogP contribution in [-0.4, -0.2) is 23.5 Å². The first kappa shape index (κ1) is 24.0. The maximum atomic E-state index is 12.6. The van der Waals surface area contributed by atoms with Crippen LogP contribution in [0.15, 0.2) is 71.3 Å². The summed E-state index contributed by atoms with van der Waals surface area (Å²) in [6.07, 6.45) is 2.48. The molecule has 3 rings (SSSR count). The lowest BCUT2D eigenvalue weighted by molar-refractivity contribution is 0.0947. The predicted molar refractivity (Wildman–Crippen MR) is 131 cm³/mol. The monoisotopic (exact) mass is 465 g/mol. The highest BCUT2D eigenvalue weighted by molar-refractivity contribution is 7.80. The molecule has 0 bridgehead atoms. The highest BCUT2D eigenvalue weighted by Gasteiger charge is 2.14. The molecule has 1 aromatic heterocycles. The van der Waals surface area contributed by atoms with E-state index in [1.54, 1.807) is 60.9 Å². The Morgan fingerprint density at radius 2 is 1.85 bits per heavy atom. The van der Waals surface area contributed by atoms with Gasteiger partial charge in [0.2, 0.25) is 0 Å². The van der Waals surface area contributed by atoms with E-state index in [4.69, 9.17) is 21.4 Å². The summed E-state index contributed by atoms with van der Waals surface area (Å²) in [5.41, 5.74) is 1.29. The molecule has 3 aromatic rings. The van der Waals surface area contributed by atoms with Crippen molar-refractivity contribution in [3.05, 3.63) is 83.8 Å². The molecule has 0 radical (unpaired) electrons. The standard InChI is InChI=1S/C25H27N3O4S/c1-17(2)12-14-32-19-8-5-7-18(15-19)23(29)28-25(33)27-22-11-4-3-10-21(22)24(30)26-16-20-9-6-13-31-20/h3-11,13,15,17H,12,14,16H2,1-2H3,(H,26,30)(H2,27,28,29,33). The van der Waals surface area contributed by atoms with Gasteiger partial charge in [0.15, 0.2) is 5.11 Å². The minimum atomic E-state index is -0.374. The van der Waals surface area contributed by atoms with Gasteiger partial charge < -0.3 is 19.8 Å². The molecule has 0 spiro atoms. The number of benzene rings is 2. The molecule has 0 aliphatic rings. The number of para-hydroxylation sites is 1. The molecule has 7 nitrogen and oxygen atoms in total. The predicted octanol–water partition coefficient (Wildman–Crippen LogP) is 4.76. The Morgan fingerprint density at radius 3 is 2.61 bits per heavy atom. The van der Waals surface area contributed by atoms with E-state index in [0.717, 1.165) is 6.42 Å². The van der Waals surface area contributed by atoms with Gasteiger partial charge >= 0.3 is 0 Å². The van der Waals surface area contributed by atoms with Crippen molar-refractivity contribution >= 4 is 34.8 Å². The maximum Gasteiger partial charge on any atom is 0.257 e. The third-order valence-electron chi connectivity index (χ3n) is 4.71. The molecule has 2 amide bonds. The SMILES string of the molecule is CC(C)CCOc1cccc(C(=O)NC(=S)Nc2ccccc2C(=O)NCc2ccco2)c1. The summed E-state index contributed by atoms with van der Waals surface area (Å²) >= 11 is 5.30. The molecule has 0 saturated heterocycles. The molecule has 172 valence electrons. The summed E-state index contributed by atoms with van der Waals surface area (Å²) in [7, 11) is 0. The van der Waals surface area contributed by atoms with Gasteiger partial charge in [-0.15, -0.1) is 0 Å². The molecule has 8 heteroatoms. The van der Waals surface area contributed by atoms with Crippen molar-refractivity contribution in [1.82, 2.24) is 10.6 Å². The van der Waals surface area contributed by atoms with E-state index in [1.807, 2.05) is 6.07 Å². The van der Waals surface area contributed by atoms with Crippen LogP contribution in [0.1, 0.15) is 46.7 Å². The van der Waals surface area contributed by atoms with Crippen LogP contribution in [0.3, 0.4) is 0 Å². The zero-order valence-electron chi connectivity index (χ0n) is 18.6.